The third-order valence-corrected chi connectivity index (χ3v) is 7.70. The summed E-state index contributed by atoms with van der Waals surface area (Å²) in [5.74, 6) is 0.380. The van der Waals surface area contributed by atoms with Crippen molar-refractivity contribution in [2.75, 3.05) is 6.61 Å². The molecule has 1 unspecified atom stereocenters. The zero-order chi connectivity index (χ0) is 19.1. The van der Waals surface area contributed by atoms with Gasteiger partial charge in [0.25, 0.3) is 0 Å². The van der Waals surface area contributed by atoms with E-state index >= 15 is 0 Å². The number of benzene rings is 3. The van der Waals surface area contributed by atoms with Crippen molar-refractivity contribution in [1.82, 2.24) is 0 Å². The molecule has 0 heterocycles. The molecule has 0 bridgehead atoms. The molecular weight excluding hydrogens is 370 g/mol. The van der Waals surface area contributed by atoms with Gasteiger partial charge in [0.2, 0.25) is 6.16 Å². The Morgan fingerprint density at radius 2 is 1.33 bits per heavy atom. The highest BCUT2D eigenvalue weighted by Gasteiger charge is 2.25. The Hall–Kier alpha value is -1.85. The molecule has 0 aromatic heterocycles. The lowest BCUT2D eigenvalue weighted by molar-refractivity contribution is 0.282. The largest absolute Gasteiger partial charge is 0.512 e. The third kappa shape index (κ3) is 5.56. The van der Waals surface area contributed by atoms with Crippen LogP contribution in [-0.4, -0.2) is 6.61 Å². The molecule has 3 rings (SSSR count). The lowest BCUT2D eigenvalue weighted by atomic mass is 10.2. The second-order valence-corrected chi connectivity index (χ2v) is 10.2. The van der Waals surface area contributed by atoms with Gasteiger partial charge in [-0.1, -0.05) is 98.8 Å². The van der Waals surface area contributed by atoms with Gasteiger partial charge in [-0.15, -0.1) is 4.52 Å². The van der Waals surface area contributed by atoms with E-state index in [4.69, 9.17) is 4.52 Å². The smallest absolute Gasteiger partial charge is 0.146 e. The van der Waals surface area contributed by atoms with Gasteiger partial charge in [0.15, 0.2) is 0 Å². The number of hydrogen-bond acceptors (Lipinski definition) is 2. The Morgan fingerprint density at radius 1 is 0.815 bits per heavy atom. The molecule has 0 saturated carbocycles. The molecular formula is C23H25O2P2+. The fourth-order valence-electron chi connectivity index (χ4n) is 2.86. The Bertz CT molecular complexity index is 824. The summed E-state index contributed by atoms with van der Waals surface area (Å²) >= 11 is 0. The minimum Gasteiger partial charge on any atom is -0.146 e. The van der Waals surface area contributed by atoms with E-state index in [0.29, 0.717) is 18.7 Å². The Morgan fingerprint density at radius 3 is 1.89 bits per heavy atom. The van der Waals surface area contributed by atoms with Gasteiger partial charge >= 0.3 is 8.03 Å². The number of rotatable bonds is 8. The van der Waals surface area contributed by atoms with Gasteiger partial charge in [0, 0.05) is 5.56 Å². The van der Waals surface area contributed by atoms with E-state index in [-0.39, 0.29) is 0 Å². The summed E-state index contributed by atoms with van der Waals surface area (Å²) < 4.78 is 18.1. The van der Waals surface area contributed by atoms with Crippen LogP contribution in [-0.2, 0) is 15.3 Å². The summed E-state index contributed by atoms with van der Waals surface area (Å²) in [5, 5.41) is 3.84. The van der Waals surface area contributed by atoms with Crippen molar-refractivity contribution in [3.05, 3.63) is 90.5 Å². The fourth-order valence-corrected chi connectivity index (χ4v) is 6.57. The van der Waals surface area contributed by atoms with E-state index in [0.717, 1.165) is 5.56 Å². The predicted octanol–water partition coefficient (Wildman–Crippen LogP) is 5.36. The number of hydrogen-bond donors (Lipinski definition) is 0. The quantitative estimate of drug-likeness (QED) is 0.480. The van der Waals surface area contributed by atoms with Crippen molar-refractivity contribution in [3.8, 4) is 0 Å². The van der Waals surface area contributed by atoms with Crippen LogP contribution in [0.15, 0.2) is 84.9 Å². The SMILES string of the molecule is CC(C)CO[P+](=O)Cc1ccccc1P(c1ccccc1)c1ccccc1. The van der Waals surface area contributed by atoms with E-state index in [1.807, 2.05) is 18.2 Å². The van der Waals surface area contributed by atoms with E-state index in [2.05, 4.69) is 80.6 Å². The normalized spacial score (nSPS) is 11.8. The van der Waals surface area contributed by atoms with Crippen LogP contribution in [0.1, 0.15) is 19.4 Å². The summed E-state index contributed by atoms with van der Waals surface area (Å²) in [6, 6.07) is 29.5. The van der Waals surface area contributed by atoms with Gasteiger partial charge in [0.1, 0.15) is 6.61 Å². The van der Waals surface area contributed by atoms with Crippen molar-refractivity contribution >= 4 is 31.9 Å². The topological polar surface area (TPSA) is 26.3 Å². The average Bonchev–Trinajstić information content (AvgIpc) is 2.70. The molecule has 0 N–H and O–H groups in total. The zero-order valence-electron chi connectivity index (χ0n) is 15.8. The van der Waals surface area contributed by atoms with Crippen LogP contribution in [0, 0.1) is 5.92 Å². The highest BCUT2D eigenvalue weighted by atomic mass is 31.1. The maximum Gasteiger partial charge on any atom is 0.512 e. The van der Waals surface area contributed by atoms with Crippen molar-refractivity contribution in [1.29, 1.82) is 0 Å². The molecule has 0 saturated heterocycles. The summed E-state index contributed by atoms with van der Waals surface area (Å²) in [5.41, 5.74) is 1.11. The highest BCUT2D eigenvalue weighted by Crippen LogP contribution is 2.37. The molecule has 3 aromatic rings. The van der Waals surface area contributed by atoms with E-state index < -0.39 is 15.9 Å². The van der Waals surface area contributed by atoms with Gasteiger partial charge in [-0.3, -0.25) is 0 Å². The molecule has 0 radical (unpaired) electrons. The Kier molecular flexibility index (Phi) is 7.30. The summed E-state index contributed by atoms with van der Waals surface area (Å²) in [6.07, 6.45) is 0.455. The second-order valence-electron chi connectivity index (χ2n) is 6.82. The monoisotopic (exact) mass is 395 g/mol. The molecule has 3 aromatic carbocycles. The minimum absolute atomic E-state index is 0.380. The average molecular weight is 395 g/mol. The van der Waals surface area contributed by atoms with Crippen molar-refractivity contribution in [3.63, 3.8) is 0 Å². The van der Waals surface area contributed by atoms with Crippen LogP contribution >= 0.6 is 15.9 Å². The minimum atomic E-state index is -1.71. The van der Waals surface area contributed by atoms with Gasteiger partial charge in [0.05, 0.1) is 0 Å². The Labute approximate surface area is 164 Å². The fraction of sp³-hybridized carbons (Fsp3) is 0.217. The molecule has 4 heteroatoms. The standard InChI is InChI=1S/C23H25O2P2/c1-19(2)17-25-26(24)18-20-11-9-10-16-23(20)27(21-12-5-3-6-13-21)22-14-7-4-8-15-22/h3-16,19H,17-18H2,1-2H3/q+1. The summed E-state index contributed by atoms with van der Waals surface area (Å²) in [7, 11) is -2.41. The van der Waals surface area contributed by atoms with Crippen LogP contribution in [0.25, 0.3) is 0 Å². The third-order valence-electron chi connectivity index (χ3n) is 4.11. The zero-order valence-corrected chi connectivity index (χ0v) is 17.6. The first kappa shape index (κ1) is 19.9. The van der Waals surface area contributed by atoms with Crippen molar-refractivity contribution in [2.45, 2.75) is 20.0 Å². The molecule has 138 valence electrons. The molecule has 0 aliphatic rings. The van der Waals surface area contributed by atoms with Gasteiger partial charge in [-0.2, -0.15) is 0 Å². The lowest BCUT2D eigenvalue weighted by Gasteiger charge is -2.21. The van der Waals surface area contributed by atoms with Crippen LogP contribution in [0.5, 0.6) is 0 Å². The van der Waals surface area contributed by atoms with Crippen LogP contribution in [0.4, 0.5) is 0 Å². The molecule has 2 nitrogen and oxygen atoms in total. The molecule has 27 heavy (non-hydrogen) atoms. The summed E-state index contributed by atoms with van der Waals surface area (Å²) in [4.78, 5) is 0. The van der Waals surface area contributed by atoms with Gasteiger partial charge in [-0.25, -0.2) is 0 Å². The molecule has 0 aliphatic heterocycles. The van der Waals surface area contributed by atoms with E-state index in [9.17, 15) is 4.57 Å². The van der Waals surface area contributed by atoms with E-state index in [1.54, 1.807) is 0 Å². The molecule has 0 amide bonds. The first-order valence-corrected chi connectivity index (χ1v) is 11.9. The van der Waals surface area contributed by atoms with Crippen LogP contribution < -0.4 is 15.9 Å². The lowest BCUT2D eigenvalue weighted by Crippen LogP contribution is -2.23. The molecule has 0 spiro atoms. The first-order chi connectivity index (χ1) is 13.1. The van der Waals surface area contributed by atoms with Gasteiger partial charge in [-0.05, 0) is 34.3 Å². The first-order valence-electron chi connectivity index (χ1n) is 9.21. The maximum absolute atomic E-state index is 12.5. The molecule has 1 atom stereocenters. The second kappa shape index (κ2) is 9.90. The molecule has 0 aliphatic carbocycles. The van der Waals surface area contributed by atoms with Crippen LogP contribution in [0.2, 0.25) is 0 Å². The van der Waals surface area contributed by atoms with E-state index in [1.165, 1.54) is 15.9 Å². The van der Waals surface area contributed by atoms with Crippen LogP contribution in [0.3, 0.4) is 0 Å². The predicted molar refractivity (Wildman–Crippen MR) is 117 cm³/mol. The van der Waals surface area contributed by atoms with Crippen molar-refractivity contribution in [2.24, 2.45) is 5.92 Å². The highest BCUT2D eigenvalue weighted by molar-refractivity contribution is 7.80. The molecule has 0 fully saturated rings. The van der Waals surface area contributed by atoms with Gasteiger partial charge < -0.3 is 0 Å². The maximum atomic E-state index is 12.5. The van der Waals surface area contributed by atoms with Crippen molar-refractivity contribution < 1.29 is 9.09 Å². The Balaban J connectivity index is 1.97. The summed E-state index contributed by atoms with van der Waals surface area (Å²) in [6.45, 7) is 4.67.